The quantitative estimate of drug-likeness (QED) is 0.738. The third kappa shape index (κ3) is 4.81. The second kappa shape index (κ2) is 7.85. The summed E-state index contributed by atoms with van der Waals surface area (Å²) in [5.41, 5.74) is -0.707. The van der Waals surface area contributed by atoms with Crippen molar-refractivity contribution < 1.29 is 46.1 Å². The second-order valence-corrected chi connectivity index (χ2v) is 5.43. The van der Waals surface area contributed by atoms with Gasteiger partial charge in [-0.3, -0.25) is 4.79 Å². The summed E-state index contributed by atoms with van der Waals surface area (Å²) in [6.07, 6.45) is -7.80. The average molecular weight is 383 g/mol. The van der Waals surface area contributed by atoms with E-state index in [4.69, 9.17) is 9.84 Å². The topological polar surface area (TPSA) is 84.9 Å². The van der Waals surface area contributed by atoms with E-state index in [-0.39, 0.29) is 12.8 Å². The molecule has 3 atom stereocenters. The van der Waals surface area contributed by atoms with Gasteiger partial charge >= 0.3 is 18.8 Å². The predicted octanol–water partition coefficient (Wildman–Crippen LogP) is 2.64. The van der Waals surface area contributed by atoms with Crippen LogP contribution < -0.4 is 10.1 Å². The maximum Gasteiger partial charge on any atom is 0.413 e. The molecule has 144 valence electrons. The van der Waals surface area contributed by atoms with Gasteiger partial charge in [0.05, 0.1) is 0 Å². The van der Waals surface area contributed by atoms with Crippen LogP contribution in [0.4, 0.5) is 22.0 Å². The van der Waals surface area contributed by atoms with Crippen LogP contribution in [-0.2, 0) is 14.3 Å². The Labute approximate surface area is 143 Å². The van der Waals surface area contributed by atoms with Crippen LogP contribution in [0.15, 0.2) is 24.3 Å². The molecule has 0 aromatic heterocycles. The molecule has 1 aliphatic rings. The lowest BCUT2D eigenvalue weighted by molar-refractivity contribution is -0.168. The summed E-state index contributed by atoms with van der Waals surface area (Å²) in [4.78, 5) is 22.9. The molecule has 11 heteroatoms. The first-order chi connectivity index (χ1) is 12.1. The number of carboxylic acid groups (broad SMARTS) is 1. The highest BCUT2D eigenvalue weighted by Crippen LogP contribution is 2.38. The van der Waals surface area contributed by atoms with Crippen molar-refractivity contribution in [3.05, 3.63) is 29.8 Å². The number of para-hydroxylation sites is 1. The summed E-state index contributed by atoms with van der Waals surface area (Å²) in [5, 5.41) is 10.5. The molecule has 0 spiro atoms. The van der Waals surface area contributed by atoms with Crippen molar-refractivity contribution in [1.82, 2.24) is 5.32 Å². The number of carbonyl (C=O) groups excluding carboxylic acids is 1. The molecule has 1 fully saturated rings. The van der Waals surface area contributed by atoms with E-state index in [1.54, 1.807) is 5.32 Å². The van der Waals surface area contributed by atoms with Crippen molar-refractivity contribution in [1.29, 1.82) is 0 Å². The SMILES string of the molecule is O=C(NC(c1ccccc1OC(F)F)C(F)(F)F)[C@@H]1CC[C@H](C(=O)O)O1. The Bertz CT molecular complexity index is 666. The summed E-state index contributed by atoms with van der Waals surface area (Å²) in [5.74, 6) is -3.26. The van der Waals surface area contributed by atoms with E-state index < -0.39 is 54.2 Å². The standard InChI is InChI=1S/C15H14F5NO5/c16-14(17)26-8-4-2-1-3-7(8)11(15(18,19)20)21-12(22)9-5-6-10(25-9)13(23)24/h1-4,9-11,14H,5-6H2,(H,21,22)(H,23,24)/t9-,10+,11?/m0/s1. The molecular formula is C15H14F5NO5. The van der Waals surface area contributed by atoms with Gasteiger partial charge in [0.2, 0.25) is 5.91 Å². The number of nitrogens with one attached hydrogen (secondary N) is 1. The lowest BCUT2D eigenvalue weighted by Gasteiger charge is -2.25. The van der Waals surface area contributed by atoms with Gasteiger partial charge in [-0.05, 0) is 18.9 Å². The molecule has 0 bridgehead atoms. The second-order valence-electron chi connectivity index (χ2n) is 5.43. The zero-order valence-corrected chi connectivity index (χ0v) is 13.0. The van der Waals surface area contributed by atoms with Crippen LogP contribution >= 0.6 is 0 Å². The normalized spacial score (nSPS) is 21.5. The Balaban J connectivity index is 2.22. The molecule has 1 unspecified atom stereocenters. The van der Waals surface area contributed by atoms with E-state index in [1.165, 1.54) is 12.1 Å². The summed E-state index contributed by atoms with van der Waals surface area (Å²) in [7, 11) is 0. The maximum absolute atomic E-state index is 13.4. The zero-order chi connectivity index (χ0) is 19.5. The van der Waals surface area contributed by atoms with Gasteiger partial charge in [0.15, 0.2) is 12.1 Å². The first-order valence-electron chi connectivity index (χ1n) is 7.38. The van der Waals surface area contributed by atoms with Crippen molar-refractivity contribution in [3.8, 4) is 5.75 Å². The van der Waals surface area contributed by atoms with E-state index in [0.717, 1.165) is 12.1 Å². The van der Waals surface area contributed by atoms with Crippen LogP contribution in [0.3, 0.4) is 0 Å². The summed E-state index contributed by atoms with van der Waals surface area (Å²) in [6, 6.07) is 1.56. The van der Waals surface area contributed by atoms with E-state index in [2.05, 4.69) is 4.74 Å². The fraction of sp³-hybridized carbons (Fsp3) is 0.467. The van der Waals surface area contributed by atoms with Crippen LogP contribution in [0.5, 0.6) is 5.75 Å². The summed E-state index contributed by atoms with van der Waals surface area (Å²) in [6.45, 7) is -3.35. The molecule has 2 rings (SSSR count). The Morgan fingerprint density at radius 2 is 1.81 bits per heavy atom. The van der Waals surface area contributed by atoms with Gasteiger partial charge in [-0.2, -0.15) is 22.0 Å². The lowest BCUT2D eigenvalue weighted by Crippen LogP contribution is -2.43. The summed E-state index contributed by atoms with van der Waals surface area (Å²) < 4.78 is 74.0. The highest BCUT2D eigenvalue weighted by atomic mass is 19.4. The van der Waals surface area contributed by atoms with Crippen LogP contribution in [0, 0.1) is 0 Å². The lowest BCUT2D eigenvalue weighted by atomic mass is 10.0. The molecule has 0 aliphatic carbocycles. The molecular weight excluding hydrogens is 369 g/mol. The molecule has 0 saturated carbocycles. The summed E-state index contributed by atoms with van der Waals surface area (Å²) >= 11 is 0. The Kier molecular flexibility index (Phi) is 6.01. The molecule has 2 N–H and O–H groups in total. The van der Waals surface area contributed by atoms with Crippen LogP contribution in [0.2, 0.25) is 0 Å². The number of benzene rings is 1. The number of alkyl halides is 5. The van der Waals surface area contributed by atoms with Gasteiger partial charge in [-0.15, -0.1) is 0 Å². The number of ether oxygens (including phenoxy) is 2. The Morgan fingerprint density at radius 3 is 2.35 bits per heavy atom. The minimum absolute atomic E-state index is 0.0326. The predicted molar refractivity (Wildman–Crippen MR) is 75.5 cm³/mol. The van der Waals surface area contributed by atoms with E-state index in [9.17, 15) is 31.5 Å². The zero-order valence-electron chi connectivity index (χ0n) is 13.0. The van der Waals surface area contributed by atoms with Gasteiger partial charge in [0.25, 0.3) is 0 Å². The van der Waals surface area contributed by atoms with Crippen molar-refractivity contribution in [3.63, 3.8) is 0 Å². The van der Waals surface area contributed by atoms with E-state index in [0.29, 0.717) is 0 Å². The number of carbonyl (C=O) groups is 2. The fourth-order valence-corrected chi connectivity index (χ4v) is 2.51. The van der Waals surface area contributed by atoms with Gasteiger partial charge in [0.1, 0.15) is 11.9 Å². The first kappa shape index (κ1) is 19.9. The molecule has 1 aliphatic heterocycles. The van der Waals surface area contributed by atoms with Crippen LogP contribution in [0.1, 0.15) is 24.4 Å². The number of hydrogen-bond donors (Lipinski definition) is 2. The third-order valence-electron chi connectivity index (χ3n) is 3.65. The Hall–Kier alpha value is -2.43. The number of hydrogen-bond acceptors (Lipinski definition) is 4. The number of aliphatic carboxylic acids is 1. The first-order valence-corrected chi connectivity index (χ1v) is 7.38. The minimum Gasteiger partial charge on any atom is -0.479 e. The maximum atomic E-state index is 13.4. The van der Waals surface area contributed by atoms with E-state index >= 15 is 0 Å². The van der Waals surface area contributed by atoms with Crippen LogP contribution in [-0.4, -0.2) is 42.0 Å². The van der Waals surface area contributed by atoms with Crippen molar-refractivity contribution in [2.24, 2.45) is 0 Å². The molecule has 1 aromatic rings. The van der Waals surface area contributed by atoms with Crippen molar-refractivity contribution >= 4 is 11.9 Å². The van der Waals surface area contributed by atoms with Gasteiger partial charge in [-0.1, -0.05) is 18.2 Å². The highest BCUT2D eigenvalue weighted by molar-refractivity contribution is 5.83. The van der Waals surface area contributed by atoms with Crippen molar-refractivity contribution in [2.45, 2.75) is 43.9 Å². The monoisotopic (exact) mass is 383 g/mol. The third-order valence-corrected chi connectivity index (χ3v) is 3.65. The molecule has 1 heterocycles. The highest BCUT2D eigenvalue weighted by Gasteiger charge is 2.45. The van der Waals surface area contributed by atoms with Crippen molar-refractivity contribution in [2.75, 3.05) is 0 Å². The van der Waals surface area contributed by atoms with Gasteiger partial charge in [-0.25, -0.2) is 4.79 Å². The molecule has 1 aromatic carbocycles. The smallest absolute Gasteiger partial charge is 0.413 e. The average Bonchev–Trinajstić information content (AvgIpc) is 3.02. The minimum atomic E-state index is -5.01. The fourth-order valence-electron chi connectivity index (χ4n) is 2.51. The Morgan fingerprint density at radius 1 is 1.19 bits per heavy atom. The number of amides is 1. The molecule has 26 heavy (non-hydrogen) atoms. The number of carboxylic acids is 1. The molecule has 1 saturated heterocycles. The largest absolute Gasteiger partial charge is 0.479 e. The number of halogens is 5. The van der Waals surface area contributed by atoms with E-state index in [1.807, 2.05) is 0 Å². The molecule has 6 nitrogen and oxygen atoms in total. The number of rotatable bonds is 6. The van der Waals surface area contributed by atoms with Crippen LogP contribution in [0.25, 0.3) is 0 Å². The molecule has 1 amide bonds. The molecule has 0 radical (unpaired) electrons. The van der Waals surface area contributed by atoms with Gasteiger partial charge in [0, 0.05) is 5.56 Å². The van der Waals surface area contributed by atoms with Gasteiger partial charge < -0.3 is 19.9 Å².